The first kappa shape index (κ1) is 23.8. The molecule has 4 rings (SSSR count). The summed E-state index contributed by atoms with van der Waals surface area (Å²) in [5.74, 6) is 0.891. The lowest BCUT2D eigenvalue weighted by molar-refractivity contribution is 0.0939. The number of ether oxygens (including phenoxy) is 2. The van der Waals surface area contributed by atoms with Crippen LogP contribution in [0.2, 0.25) is 0 Å². The first-order valence-corrected chi connectivity index (χ1v) is 12.5. The van der Waals surface area contributed by atoms with E-state index in [1.54, 1.807) is 44.6 Å². The molecular weight excluding hydrogens is 452 g/mol. The van der Waals surface area contributed by atoms with Crippen molar-refractivity contribution in [3.63, 3.8) is 0 Å². The molecule has 8 heteroatoms. The zero-order valence-electron chi connectivity index (χ0n) is 19.4. The fourth-order valence-electron chi connectivity index (χ4n) is 4.16. The predicted octanol–water partition coefficient (Wildman–Crippen LogP) is 3.94. The Balaban J connectivity index is 1.54. The topological polar surface area (TPSA) is 84.9 Å². The average Bonchev–Trinajstić information content (AvgIpc) is 2.87. The fourth-order valence-corrected chi connectivity index (χ4v) is 5.62. The van der Waals surface area contributed by atoms with E-state index in [2.05, 4.69) is 5.32 Å². The molecule has 0 radical (unpaired) electrons. The maximum Gasteiger partial charge on any atom is 0.251 e. The lowest BCUT2D eigenvalue weighted by Crippen LogP contribution is -2.36. The molecule has 0 spiro atoms. The Labute approximate surface area is 200 Å². The number of amides is 1. The van der Waals surface area contributed by atoms with Crippen molar-refractivity contribution in [2.24, 2.45) is 0 Å². The summed E-state index contributed by atoms with van der Waals surface area (Å²) >= 11 is 0. The number of sulfonamides is 1. The summed E-state index contributed by atoms with van der Waals surface area (Å²) < 4.78 is 38.8. The summed E-state index contributed by atoms with van der Waals surface area (Å²) in [6.45, 7) is 2.56. The molecule has 0 bridgehead atoms. The largest absolute Gasteiger partial charge is 0.497 e. The molecule has 7 nitrogen and oxygen atoms in total. The number of rotatable bonds is 7. The number of carbonyl (C=O) groups excluding carboxylic acids is 1. The van der Waals surface area contributed by atoms with Gasteiger partial charge < -0.3 is 14.8 Å². The molecule has 3 aromatic rings. The quantitative estimate of drug-likeness (QED) is 0.554. The second-order valence-corrected chi connectivity index (χ2v) is 10.1. The van der Waals surface area contributed by atoms with Crippen molar-refractivity contribution in [3.05, 3.63) is 89.0 Å². The SMILES string of the molecule is COc1ccc(OC)c(C(C)NC(=O)c2cccc(S(=O)(=O)N3CCc4ccccc4C3)c2)c1. The molecular formula is C26H28N2O5S. The summed E-state index contributed by atoms with van der Waals surface area (Å²) in [7, 11) is -0.610. The van der Waals surface area contributed by atoms with Crippen LogP contribution in [0.1, 0.15) is 40.0 Å². The van der Waals surface area contributed by atoms with Crippen molar-refractivity contribution < 1.29 is 22.7 Å². The molecule has 0 aromatic heterocycles. The summed E-state index contributed by atoms with van der Waals surface area (Å²) in [5, 5.41) is 2.93. The van der Waals surface area contributed by atoms with Crippen LogP contribution in [0.4, 0.5) is 0 Å². The smallest absolute Gasteiger partial charge is 0.251 e. The molecule has 34 heavy (non-hydrogen) atoms. The molecule has 0 aliphatic carbocycles. The summed E-state index contributed by atoms with van der Waals surface area (Å²) in [4.78, 5) is 13.1. The highest BCUT2D eigenvalue weighted by Crippen LogP contribution is 2.30. The lowest BCUT2D eigenvalue weighted by Gasteiger charge is -2.28. The predicted molar refractivity (Wildman–Crippen MR) is 130 cm³/mol. The van der Waals surface area contributed by atoms with Gasteiger partial charge in [0.05, 0.1) is 25.2 Å². The maximum atomic E-state index is 13.3. The van der Waals surface area contributed by atoms with Crippen LogP contribution in [-0.4, -0.2) is 39.4 Å². The van der Waals surface area contributed by atoms with Crippen molar-refractivity contribution in [2.45, 2.75) is 30.8 Å². The van der Waals surface area contributed by atoms with Gasteiger partial charge in [0.15, 0.2) is 0 Å². The minimum Gasteiger partial charge on any atom is -0.497 e. The summed E-state index contributed by atoms with van der Waals surface area (Å²) in [6.07, 6.45) is 0.662. The number of hydrogen-bond acceptors (Lipinski definition) is 5. The maximum absolute atomic E-state index is 13.3. The standard InChI is InChI=1S/C26H28N2O5S/c1-18(24-16-22(32-2)11-12-25(24)33-3)27-26(29)20-9-6-10-23(15-20)34(30,31)28-14-13-19-7-4-5-8-21(19)17-28/h4-12,15-16,18H,13-14,17H2,1-3H3,(H,27,29). The zero-order chi connectivity index (χ0) is 24.3. The van der Waals surface area contributed by atoms with Gasteiger partial charge in [-0.3, -0.25) is 4.79 Å². The van der Waals surface area contributed by atoms with Gasteiger partial charge in [0.25, 0.3) is 5.91 Å². The Kier molecular flexibility index (Phi) is 6.90. The van der Waals surface area contributed by atoms with Gasteiger partial charge in [-0.15, -0.1) is 0 Å². The van der Waals surface area contributed by atoms with E-state index >= 15 is 0 Å². The van der Waals surface area contributed by atoms with Gasteiger partial charge in [0.1, 0.15) is 11.5 Å². The molecule has 1 heterocycles. The van der Waals surface area contributed by atoms with Gasteiger partial charge in [0.2, 0.25) is 10.0 Å². The molecule has 1 aliphatic heterocycles. The van der Waals surface area contributed by atoms with E-state index in [0.29, 0.717) is 31.0 Å². The van der Waals surface area contributed by atoms with Gasteiger partial charge in [0, 0.05) is 24.2 Å². The molecule has 1 aliphatic rings. The van der Waals surface area contributed by atoms with Crippen LogP contribution in [0.25, 0.3) is 0 Å². The summed E-state index contributed by atoms with van der Waals surface area (Å²) in [6, 6.07) is 19.0. The lowest BCUT2D eigenvalue weighted by atomic mass is 10.0. The van der Waals surface area contributed by atoms with Crippen LogP contribution in [0.15, 0.2) is 71.6 Å². The molecule has 1 unspecified atom stereocenters. The molecule has 3 aromatic carbocycles. The number of carbonyl (C=O) groups is 1. The number of fused-ring (bicyclic) bond motifs is 1. The second-order valence-electron chi connectivity index (χ2n) is 8.19. The van der Waals surface area contributed by atoms with Crippen LogP contribution < -0.4 is 14.8 Å². The second kappa shape index (κ2) is 9.87. The van der Waals surface area contributed by atoms with Crippen molar-refractivity contribution in [3.8, 4) is 11.5 Å². The van der Waals surface area contributed by atoms with E-state index < -0.39 is 16.1 Å². The van der Waals surface area contributed by atoms with E-state index in [0.717, 1.165) is 11.1 Å². The highest BCUT2D eigenvalue weighted by molar-refractivity contribution is 7.89. The number of nitrogens with one attached hydrogen (secondary N) is 1. The fraction of sp³-hybridized carbons (Fsp3) is 0.269. The van der Waals surface area contributed by atoms with Crippen molar-refractivity contribution >= 4 is 15.9 Å². The summed E-state index contributed by atoms with van der Waals surface area (Å²) in [5.41, 5.74) is 3.20. The number of nitrogens with zero attached hydrogens (tertiary/aromatic N) is 1. The van der Waals surface area contributed by atoms with Crippen molar-refractivity contribution in [2.75, 3.05) is 20.8 Å². The minimum absolute atomic E-state index is 0.103. The van der Waals surface area contributed by atoms with Crippen LogP contribution >= 0.6 is 0 Å². The third-order valence-electron chi connectivity index (χ3n) is 6.08. The van der Waals surface area contributed by atoms with E-state index in [1.165, 1.54) is 22.0 Å². The molecule has 0 fully saturated rings. The zero-order valence-corrected chi connectivity index (χ0v) is 20.3. The first-order valence-electron chi connectivity index (χ1n) is 11.0. The molecule has 1 N–H and O–H groups in total. The Morgan fingerprint density at radius 1 is 0.971 bits per heavy atom. The Morgan fingerprint density at radius 3 is 2.47 bits per heavy atom. The molecule has 1 atom stereocenters. The van der Waals surface area contributed by atoms with E-state index in [-0.39, 0.29) is 16.4 Å². The molecule has 1 amide bonds. The van der Waals surface area contributed by atoms with Crippen LogP contribution in [-0.2, 0) is 23.0 Å². The Morgan fingerprint density at radius 2 is 1.74 bits per heavy atom. The highest BCUT2D eigenvalue weighted by atomic mass is 32.2. The van der Waals surface area contributed by atoms with E-state index in [1.807, 2.05) is 31.2 Å². The monoisotopic (exact) mass is 480 g/mol. The minimum atomic E-state index is -3.74. The van der Waals surface area contributed by atoms with Gasteiger partial charge in [-0.25, -0.2) is 8.42 Å². The third kappa shape index (κ3) is 4.78. The van der Waals surface area contributed by atoms with Crippen LogP contribution in [0.5, 0.6) is 11.5 Å². The van der Waals surface area contributed by atoms with E-state index in [4.69, 9.17) is 9.47 Å². The Hall–Kier alpha value is -3.36. The van der Waals surface area contributed by atoms with E-state index in [9.17, 15) is 13.2 Å². The number of benzene rings is 3. The van der Waals surface area contributed by atoms with Gasteiger partial charge in [-0.05, 0) is 60.9 Å². The average molecular weight is 481 g/mol. The molecule has 0 saturated carbocycles. The van der Waals surface area contributed by atoms with Gasteiger partial charge >= 0.3 is 0 Å². The number of hydrogen-bond donors (Lipinski definition) is 1. The normalized spacial score (nSPS) is 14.7. The molecule has 0 saturated heterocycles. The Bertz CT molecular complexity index is 1310. The third-order valence-corrected chi connectivity index (χ3v) is 7.92. The highest BCUT2D eigenvalue weighted by Gasteiger charge is 2.29. The van der Waals surface area contributed by atoms with Gasteiger partial charge in [-0.1, -0.05) is 30.3 Å². The molecule has 178 valence electrons. The van der Waals surface area contributed by atoms with Crippen molar-refractivity contribution in [1.82, 2.24) is 9.62 Å². The van der Waals surface area contributed by atoms with Gasteiger partial charge in [-0.2, -0.15) is 4.31 Å². The number of methoxy groups -OCH3 is 2. The van der Waals surface area contributed by atoms with Crippen molar-refractivity contribution in [1.29, 1.82) is 0 Å². The van der Waals surface area contributed by atoms with Crippen LogP contribution in [0.3, 0.4) is 0 Å². The van der Waals surface area contributed by atoms with Crippen LogP contribution in [0, 0.1) is 0 Å². The first-order chi connectivity index (χ1) is 16.3.